The maximum Gasteiger partial charge on any atom is 0.158 e. The minimum atomic E-state index is 0.328. The topological polar surface area (TPSA) is 74.1 Å². The number of H-pyrrole nitrogens is 1. The molecule has 0 aromatic carbocycles. The number of aromatic nitrogens is 5. The van der Waals surface area contributed by atoms with Crippen molar-refractivity contribution in [3.63, 3.8) is 0 Å². The number of nitrogens with zero attached hydrogens (tertiary/aromatic N) is 5. The van der Waals surface area contributed by atoms with E-state index >= 15 is 0 Å². The van der Waals surface area contributed by atoms with E-state index in [1.807, 2.05) is 4.52 Å². The van der Waals surface area contributed by atoms with E-state index in [0.717, 1.165) is 45.9 Å². The molecule has 0 unspecified atom stereocenters. The van der Waals surface area contributed by atoms with Crippen LogP contribution in [0.5, 0.6) is 0 Å². The average molecular weight is 446 g/mol. The van der Waals surface area contributed by atoms with Crippen LogP contribution in [0.2, 0.25) is 0 Å². The molecule has 1 aliphatic rings. The van der Waals surface area contributed by atoms with Crippen LogP contribution in [-0.2, 0) is 0 Å². The van der Waals surface area contributed by atoms with Crippen molar-refractivity contribution in [1.29, 1.82) is 0 Å². The van der Waals surface area contributed by atoms with Gasteiger partial charge >= 0.3 is 0 Å². The number of piperidine rings is 1. The molecule has 5 heterocycles. The second kappa shape index (κ2) is 8.45. The van der Waals surface area contributed by atoms with Gasteiger partial charge in [0.15, 0.2) is 5.65 Å². The quantitative estimate of drug-likeness (QED) is 0.453. The van der Waals surface area contributed by atoms with E-state index in [2.05, 4.69) is 85.3 Å². The molecule has 2 atom stereocenters. The van der Waals surface area contributed by atoms with E-state index in [4.69, 9.17) is 4.98 Å². The Morgan fingerprint density at radius 1 is 1.18 bits per heavy atom. The largest absolute Gasteiger partial charge is 0.358 e. The first-order valence-electron chi connectivity index (χ1n) is 12.1. The second-order valence-electron chi connectivity index (χ2n) is 10.0. The van der Waals surface area contributed by atoms with Gasteiger partial charge in [0.2, 0.25) is 0 Å². The van der Waals surface area contributed by atoms with Crippen molar-refractivity contribution < 1.29 is 0 Å². The Morgan fingerprint density at radius 3 is 2.76 bits per heavy atom. The molecule has 7 heteroatoms. The number of anilines is 1. The van der Waals surface area contributed by atoms with Gasteiger partial charge in [0.1, 0.15) is 12.1 Å². The summed E-state index contributed by atoms with van der Waals surface area (Å²) >= 11 is 0. The van der Waals surface area contributed by atoms with E-state index in [-0.39, 0.29) is 0 Å². The molecule has 4 aromatic rings. The van der Waals surface area contributed by atoms with E-state index in [1.54, 1.807) is 6.33 Å². The third-order valence-corrected chi connectivity index (χ3v) is 7.23. The number of hydrogen-bond donors (Lipinski definition) is 2. The van der Waals surface area contributed by atoms with Gasteiger partial charge in [-0.05, 0) is 62.8 Å². The Morgan fingerprint density at radius 2 is 2.00 bits per heavy atom. The SMILES string of the molecule is Cc1c(-c2[nH]c3ccc(N(C)C[C@H]4CCC[C@H](C)N4)nc3c2C(C)C)cn2ncnc2c1C. The lowest BCUT2D eigenvalue weighted by Gasteiger charge is -2.32. The summed E-state index contributed by atoms with van der Waals surface area (Å²) in [6.07, 6.45) is 7.50. The van der Waals surface area contributed by atoms with Crippen LogP contribution in [0.3, 0.4) is 0 Å². The maximum atomic E-state index is 5.16. The summed E-state index contributed by atoms with van der Waals surface area (Å²) < 4.78 is 1.87. The minimum Gasteiger partial charge on any atom is -0.358 e. The van der Waals surface area contributed by atoms with Crippen molar-refractivity contribution in [3.05, 3.63) is 41.3 Å². The van der Waals surface area contributed by atoms with Crippen LogP contribution in [-0.4, -0.2) is 50.2 Å². The van der Waals surface area contributed by atoms with E-state index in [0.29, 0.717) is 18.0 Å². The van der Waals surface area contributed by atoms with Crippen LogP contribution in [0, 0.1) is 13.8 Å². The number of nitrogens with one attached hydrogen (secondary N) is 2. The van der Waals surface area contributed by atoms with Crippen molar-refractivity contribution in [2.45, 2.75) is 71.9 Å². The number of rotatable bonds is 5. The number of pyridine rings is 2. The molecule has 7 nitrogen and oxygen atoms in total. The molecule has 33 heavy (non-hydrogen) atoms. The first kappa shape index (κ1) is 21.9. The van der Waals surface area contributed by atoms with Crippen LogP contribution >= 0.6 is 0 Å². The fourth-order valence-electron chi connectivity index (χ4n) is 5.32. The molecule has 5 rings (SSSR count). The van der Waals surface area contributed by atoms with Crippen molar-refractivity contribution in [2.75, 3.05) is 18.5 Å². The third kappa shape index (κ3) is 3.88. The molecular formula is C26H35N7. The van der Waals surface area contributed by atoms with Crippen LogP contribution in [0.1, 0.15) is 62.6 Å². The first-order chi connectivity index (χ1) is 15.8. The molecule has 0 saturated carbocycles. The second-order valence-corrected chi connectivity index (χ2v) is 10.0. The Kier molecular flexibility index (Phi) is 5.60. The molecule has 1 aliphatic heterocycles. The molecule has 2 N–H and O–H groups in total. The molecule has 0 spiro atoms. The van der Waals surface area contributed by atoms with Gasteiger partial charge in [0.25, 0.3) is 0 Å². The van der Waals surface area contributed by atoms with Gasteiger partial charge in [-0.25, -0.2) is 14.5 Å². The Labute approximate surface area is 195 Å². The van der Waals surface area contributed by atoms with Crippen molar-refractivity contribution >= 4 is 22.5 Å². The number of aromatic amines is 1. The Hall–Kier alpha value is -2.93. The molecule has 0 amide bonds. The van der Waals surface area contributed by atoms with Crippen molar-refractivity contribution in [3.8, 4) is 11.3 Å². The van der Waals surface area contributed by atoms with Crippen LogP contribution in [0.4, 0.5) is 5.82 Å². The van der Waals surface area contributed by atoms with Crippen LogP contribution in [0.25, 0.3) is 27.9 Å². The van der Waals surface area contributed by atoms with Gasteiger partial charge in [-0.15, -0.1) is 0 Å². The number of fused-ring (bicyclic) bond motifs is 2. The van der Waals surface area contributed by atoms with Crippen molar-refractivity contribution in [2.24, 2.45) is 0 Å². The molecule has 0 bridgehead atoms. The molecule has 1 saturated heterocycles. The van der Waals surface area contributed by atoms with Gasteiger partial charge in [-0.2, -0.15) is 5.10 Å². The first-order valence-corrected chi connectivity index (χ1v) is 12.1. The zero-order chi connectivity index (χ0) is 23.3. The molecule has 174 valence electrons. The normalized spacial score (nSPS) is 19.1. The summed E-state index contributed by atoms with van der Waals surface area (Å²) in [7, 11) is 2.16. The summed E-state index contributed by atoms with van der Waals surface area (Å²) in [6, 6.07) is 5.43. The smallest absolute Gasteiger partial charge is 0.158 e. The molecule has 1 fully saturated rings. The summed E-state index contributed by atoms with van der Waals surface area (Å²) in [5.74, 6) is 1.35. The maximum absolute atomic E-state index is 5.16. The highest BCUT2D eigenvalue weighted by Gasteiger charge is 2.23. The number of aryl methyl sites for hydroxylation is 1. The Balaban J connectivity index is 1.57. The van der Waals surface area contributed by atoms with Gasteiger partial charge in [-0.3, -0.25) is 0 Å². The van der Waals surface area contributed by atoms with E-state index in [1.165, 1.54) is 30.4 Å². The predicted octanol–water partition coefficient (Wildman–Crippen LogP) is 4.98. The lowest BCUT2D eigenvalue weighted by atomic mass is 9.95. The fourth-order valence-corrected chi connectivity index (χ4v) is 5.32. The predicted molar refractivity (Wildman–Crippen MR) is 135 cm³/mol. The van der Waals surface area contributed by atoms with E-state index in [9.17, 15) is 0 Å². The summed E-state index contributed by atoms with van der Waals surface area (Å²) in [5.41, 5.74) is 8.96. The standard InChI is InChI=1S/C26H35N7/c1-15(2)23-24(20-13-33-26(27-14-28-33)18(5)17(20)4)30-21-10-11-22(31-25(21)23)32(6)12-19-9-7-8-16(3)29-19/h10-11,13-16,19,29-30H,7-9,12H2,1-6H3/t16-,19+/m0/s1. The van der Waals surface area contributed by atoms with Gasteiger partial charge in [0, 0.05) is 43.0 Å². The highest BCUT2D eigenvalue weighted by atomic mass is 15.3. The highest BCUT2D eigenvalue weighted by Crippen LogP contribution is 2.37. The highest BCUT2D eigenvalue weighted by molar-refractivity contribution is 5.90. The third-order valence-electron chi connectivity index (χ3n) is 7.23. The minimum absolute atomic E-state index is 0.328. The number of hydrogen-bond acceptors (Lipinski definition) is 5. The molecule has 0 aliphatic carbocycles. The summed E-state index contributed by atoms with van der Waals surface area (Å²) in [4.78, 5) is 15.6. The van der Waals surface area contributed by atoms with E-state index < -0.39 is 0 Å². The van der Waals surface area contributed by atoms with Crippen LogP contribution in [0.15, 0.2) is 24.7 Å². The molecule has 4 aromatic heterocycles. The zero-order valence-electron chi connectivity index (χ0n) is 20.6. The van der Waals surface area contributed by atoms with Gasteiger partial charge in [0.05, 0.1) is 16.7 Å². The monoisotopic (exact) mass is 445 g/mol. The van der Waals surface area contributed by atoms with Crippen molar-refractivity contribution in [1.82, 2.24) is 29.9 Å². The van der Waals surface area contributed by atoms with Crippen LogP contribution < -0.4 is 10.2 Å². The zero-order valence-corrected chi connectivity index (χ0v) is 20.6. The number of likely N-dealkylation sites (N-methyl/N-ethyl adjacent to an activating group) is 1. The molecular weight excluding hydrogens is 410 g/mol. The lowest BCUT2D eigenvalue weighted by Crippen LogP contribution is -2.46. The lowest BCUT2D eigenvalue weighted by molar-refractivity contribution is 0.337. The average Bonchev–Trinajstić information content (AvgIpc) is 3.40. The van der Waals surface area contributed by atoms with Gasteiger partial charge < -0.3 is 15.2 Å². The Bertz CT molecular complexity index is 1300. The summed E-state index contributed by atoms with van der Waals surface area (Å²) in [6.45, 7) is 12.0. The molecule has 0 radical (unpaired) electrons. The fraction of sp³-hybridized carbons (Fsp3) is 0.500. The van der Waals surface area contributed by atoms with Gasteiger partial charge in [-0.1, -0.05) is 20.3 Å². The summed E-state index contributed by atoms with van der Waals surface area (Å²) in [5, 5.41) is 8.14.